The Morgan fingerprint density at radius 2 is 1.88 bits per heavy atom. The Labute approximate surface area is 245 Å². The van der Waals surface area contributed by atoms with Crippen molar-refractivity contribution in [3.63, 3.8) is 0 Å². The van der Waals surface area contributed by atoms with Crippen molar-refractivity contribution in [3.05, 3.63) is 78.4 Å². The molecule has 2 aromatic carbocycles. The van der Waals surface area contributed by atoms with E-state index in [1.165, 1.54) is 32.3 Å². The molecule has 2 atom stereocenters. The van der Waals surface area contributed by atoms with E-state index in [2.05, 4.69) is 60.9 Å². The maximum atomic E-state index is 13.2. The molecule has 206 valence electrons. The summed E-state index contributed by atoms with van der Waals surface area (Å²) in [6.07, 6.45) is 10.8. The molecular formula is C30H32N6OS3. The van der Waals surface area contributed by atoms with Crippen LogP contribution >= 0.6 is 23.3 Å². The molecule has 1 aliphatic carbocycles. The van der Waals surface area contributed by atoms with Gasteiger partial charge in [-0.25, -0.2) is 18.9 Å². The van der Waals surface area contributed by atoms with Crippen molar-refractivity contribution in [1.82, 2.24) is 23.5 Å². The molecule has 1 spiro atoms. The first-order chi connectivity index (χ1) is 19.3. The predicted octanol–water partition coefficient (Wildman–Crippen LogP) is 6.43. The molecule has 0 bridgehead atoms. The first kappa shape index (κ1) is 26.1. The van der Waals surface area contributed by atoms with Crippen LogP contribution in [0.3, 0.4) is 0 Å². The quantitative estimate of drug-likeness (QED) is 0.255. The Morgan fingerprint density at radius 1 is 1.05 bits per heavy atom. The predicted molar refractivity (Wildman–Crippen MR) is 165 cm³/mol. The van der Waals surface area contributed by atoms with Gasteiger partial charge in [-0.15, -0.1) is 0 Å². The zero-order valence-corrected chi connectivity index (χ0v) is 25.3. The summed E-state index contributed by atoms with van der Waals surface area (Å²) in [7, 11) is -1.14. The maximum absolute atomic E-state index is 13.2. The zero-order valence-electron chi connectivity index (χ0n) is 22.8. The molecule has 3 aromatic heterocycles. The van der Waals surface area contributed by atoms with Crippen LogP contribution in [-0.4, -0.2) is 40.8 Å². The van der Waals surface area contributed by atoms with Gasteiger partial charge in [-0.05, 0) is 74.2 Å². The fraction of sp³-hybridized carbons (Fsp3) is 0.367. The molecule has 1 aliphatic heterocycles. The number of aromatic nitrogens is 4. The summed E-state index contributed by atoms with van der Waals surface area (Å²) in [5, 5.41) is 1.16. The third-order valence-corrected chi connectivity index (χ3v) is 11.9. The molecule has 40 heavy (non-hydrogen) atoms. The minimum atomic E-state index is -1.14. The summed E-state index contributed by atoms with van der Waals surface area (Å²) in [6, 6.07) is 15.1. The normalized spacial score (nSPS) is 19.5. The van der Waals surface area contributed by atoms with E-state index in [1.54, 1.807) is 11.8 Å². The van der Waals surface area contributed by atoms with Crippen molar-refractivity contribution in [2.24, 2.45) is 5.41 Å². The lowest BCUT2D eigenvalue weighted by Gasteiger charge is -2.44. The molecule has 1 fully saturated rings. The minimum absolute atomic E-state index is 0.0400. The molecule has 7 nitrogen and oxygen atoms in total. The van der Waals surface area contributed by atoms with E-state index in [-0.39, 0.29) is 16.2 Å². The summed E-state index contributed by atoms with van der Waals surface area (Å²) >= 11 is 3.22. The second-order valence-electron chi connectivity index (χ2n) is 11.8. The fourth-order valence-corrected chi connectivity index (χ4v) is 8.91. The van der Waals surface area contributed by atoms with E-state index in [4.69, 9.17) is 9.97 Å². The summed E-state index contributed by atoms with van der Waals surface area (Å²) in [4.78, 5) is 14.3. The number of hydrogen-bond donors (Lipinski definition) is 1. The number of benzene rings is 2. The summed E-state index contributed by atoms with van der Waals surface area (Å²) < 4.78 is 24.2. The number of hydrogen-bond acceptors (Lipinski definition) is 7. The van der Waals surface area contributed by atoms with Crippen LogP contribution in [0.15, 0.2) is 77.0 Å². The number of nitrogens with zero attached hydrogens (tertiary/aromatic N) is 5. The standard InChI is InChI=1S/C30H32N6OS3/c1-29(2,3)40(37)34-26-22-9-5-4-7-20(22)17-30(26)11-14-35(15-12-30)28-32-19-24(27-31-13-16-36(27)28)38-23-10-6-8-21-18-33-39-25(21)23/h4-10,13,16,18-19,26,34H,11-12,14-15,17H2,1-3H3/t26-,40-/m1/s1. The van der Waals surface area contributed by atoms with E-state index in [1.807, 2.05) is 45.6 Å². The van der Waals surface area contributed by atoms with Crippen LogP contribution in [0.1, 0.15) is 50.8 Å². The van der Waals surface area contributed by atoms with Crippen molar-refractivity contribution < 1.29 is 4.21 Å². The monoisotopic (exact) mass is 588 g/mol. The van der Waals surface area contributed by atoms with Gasteiger partial charge in [0.05, 0.1) is 31.4 Å². The number of rotatable bonds is 5. The van der Waals surface area contributed by atoms with Crippen LogP contribution in [-0.2, 0) is 17.4 Å². The maximum Gasteiger partial charge on any atom is 0.211 e. The van der Waals surface area contributed by atoms with Crippen molar-refractivity contribution in [2.75, 3.05) is 18.0 Å². The highest BCUT2D eigenvalue weighted by atomic mass is 32.2. The largest absolute Gasteiger partial charge is 0.342 e. The third kappa shape index (κ3) is 4.45. The number of imidazole rings is 1. The lowest BCUT2D eigenvalue weighted by atomic mass is 9.73. The van der Waals surface area contributed by atoms with Gasteiger partial charge in [0.1, 0.15) is 0 Å². The summed E-state index contributed by atoms with van der Waals surface area (Å²) in [5.74, 6) is 0.931. The first-order valence-corrected chi connectivity index (χ1v) is 16.4. The lowest BCUT2D eigenvalue weighted by Crippen LogP contribution is -2.48. The SMILES string of the molecule is CC(C)(C)[S@@](=O)N[C@@H]1c2ccccc2CC12CCN(c1ncc(Sc3cccc4cnsc34)c3nccn13)CC2. The van der Waals surface area contributed by atoms with Gasteiger partial charge in [0.25, 0.3) is 0 Å². The van der Waals surface area contributed by atoms with Crippen molar-refractivity contribution in [1.29, 1.82) is 0 Å². The average Bonchev–Trinajstić information content (AvgIpc) is 3.68. The van der Waals surface area contributed by atoms with Gasteiger partial charge in [-0.3, -0.25) is 4.40 Å². The summed E-state index contributed by atoms with van der Waals surface area (Å²) in [6.45, 7) is 7.89. The molecule has 1 N–H and O–H groups in total. The van der Waals surface area contributed by atoms with Crippen LogP contribution in [0.5, 0.6) is 0 Å². The number of nitrogens with one attached hydrogen (secondary N) is 1. The number of piperidine rings is 1. The molecule has 0 saturated carbocycles. The van der Waals surface area contributed by atoms with E-state index in [0.717, 1.165) is 54.2 Å². The topological polar surface area (TPSA) is 75.4 Å². The Morgan fingerprint density at radius 3 is 2.70 bits per heavy atom. The van der Waals surface area contributed by atoms with Crippen LogP contribution in [0.2, 0.25) is 0 Å². The van der Waals surface area contributed by atoms with Gasteiger partial charge in [-0.2, -0.15) is 4.37 Å². The molecule has 1 saturated heterocycles. The van der Waals surface area contributed by atoms with E-state index in [0.29, 0.717) is 0 Å². The second-order valence-corrected chi connectivity index (χ2v) is 15.7. The van der Waals surface area contributed by atoms with Gasteiger partial charge >= 0.3 is 0 Å². The van der Waals surface area contributed by atoms with Crippen LogP contribution in [0.4, 0.5) is 5.95 Å². The second kappa shape index (κ2) is 9.94. The highest BCUT2D eigenvalue weighted by molar-refractivity contribution is 8.00. The Hall–Kier alpha value is -2.79. The minimum Gasteiger partial charge on any atom is -0.342 e. The Bertz CT molecular complexity index is 1730. The van der Waals surface area contributed by atoms with Crippen molar-refractivity contribution in [3.8, 4) is 0 Å². The molecule has 4 heterocycles. The Balaban J connectivity index is 1.15. The molecule has 5 aromatic rings. The van der Waals surface area contributed by atoms with Crippen LogP contribution < -0.4 is 9.62 Å². The molecule has 2 aliphatic rings. The van der Waals surface area contributed by atoms with Gasteiger partial charge in [-0.1, -0.05) is 48.2 Å². The zero-order chi connectivity index (χ0) is 27.5. The van der Waals surface area contributed by atoms with E-state index in [9.17, 15) is 4.21 Å². The number of fused-ring (bicyclic) bond motifs is 3. The first-order valence-electron chi connectivity index (χ1n) is 13.7. The molecule has 7 rings (SSSR count). The van der Waals surface area contributed by atoms with E-state index >= 15 is 0 Å². The lowest BCUT2D eigenvalue weighted by molar-refractivity contribution is 0.177. The average molecular weight is 589 g/mol. The Kier molecular flexibility index (Phi) is 6.49. The van der Waals surface area contributed by atoms with Gasteiger partial charge in [0.2, 0.25) is 5.95 Å². The molecular weight excluding hydrogens is 557 g/mol. The highest BCUT2D eigenvalue weighted by Crippen LogP contribution is 2.52. The van der Waals surface area contributed by atoms with Crippen molar-refractivity contribution in [2.45, 2.75) is 60.6 Å². The smallest absolute Gasteiger partial charge is 0.211 e. The number of anilines is 1. The molecule has 10 heteroatoms. The molecule has 0 radical (unpaired) electrons. The van der Waals surface area contributed by atoms with Crippen LogP contribution in [0, 0.1) is 5.41 Å². The molecule has 0 unspecified atom stereocenters. The van der Waals surface area contributed by atoms with Crippen LogP contribution in [0.25, 0.3) is 15.7 Å². The fourth-order valence-electron chi connectivity index (χ4n) is 6.13. The molecule has 0 amide bonds. The van der Waals surface area contributed by atoms with Gasteiger partial charge in [0, 0.05) is 48.2 Å². The summed E-state index contributed by atoms with van der Waals surface area (Å²) in [5.41, 5.74) is 3.65. The van der Waals surface area contributed by atoms with E-state index < -0.39 is 11.0 Å². The van der Waals surface area contributed by atoms with Crippen molar-refractivity contribution >= 4 is 56.0 Å². The van der Waals surface area contributed by atoms with Gasteiger partial charge < -0.3 is 4.90 Å². The van der Waals surface area contributed by atoms with Gasteiger partial charge in [0.15, 0.2) is 5.65 Å². The third-order valence-electron chi connectivity index (χ3n) is 8.28. The highest BCUT2D eigenvalue weighted by Gasteiger charge is 2.49.